The van der Waals surface area contributed by atoms with Gasteiger partial charge in [-0.25, -0.2) is 0 Å². The van der Waals surface area contributed by atoms with E-state index < -0.39 is 20.7 Å². The van der Waals surface area contributed by atoms with Crippen molar-refractivity contribution in [2.75, 3.05) is 12.1 Å². The van der Waals surface area contributed by atoms with Crippen LogP contribution in [0.1, 0.15) is 29.0 Å². The van der Waals surface area contributed by atoms with Gasteiger partial charge >= 0.3 is 213 Å². The first kappa shape index (κ1) is 22.7. The third-order valence-electron chi connectivity index (χ3n) is 6.47. The van der Waals surface area contributed by atoms with Crippen molar-refractivity contribution in [2.45, 2.75) is 31.5 Å². The normalized spacial score (nSPS) is 14.8. The molecule has 0 radical (unpaired) electrons. The fourth-order valence-corrected chi connectivity index (χ4v) is 7.74. The van der Waals surface area contributed by atoms with Crippen LogP contribution in [0.3, 0.4) is 0 Å². The van der Waals surface area contributed by atoms with E-state index in [4.69, 9.17) is 19.2 Å². The predicted octanol–water partition coefficient (Wildman–Crippen LogP) is 4.47. The number of imidazole rings is 1. The SMILES string of the molecule is C[As](C(=O)c1cccc2ccccc12)c1nc2n(c1OC(=O)Nc1ccc3c(c1)OCO3)CCCC2. The number of fused-ring (bicyclic) bond motifs is 3. The zero-order chi connectivity index (χ0) is 24.6. The molecule has 0 fully saturated rings. The summed E-state index contributed by atoms with van der Waals surface area (Å²) in [5.41, 5.74) is 3.19. The van der Waals surface area contributed by atoms with Crippen molar-refractivity contribution in [3.05, 3.63) is 72.1 Å². The zero-order valence-corrected chi connectivity index (χ0v) is 21.6. The summed E-state index contributed by atoms with van der Waals surface area (Å²) in [6.07, 6.45) is 2.15. The molecule has 8 nitrogen and oxygen atoms in total. The first-order valence-corrected chi connectivity index (χ1v) is 15.6. The van der Waals surface area contributed by atoms with Crippen LogP contribution < -0.4 is 24.0 Å². The van der Waals surface area contributed by atoms with E-state index in [9.17, 15) is 9.59 Å². The molecular formula is C27H24AsN3O5. The topological polar surface area (TPSA) is 91.7 Å². The van der Waals surface area contributed by atoms with Gasteiger partial charge in [-0.2, -0.15) is 0 Å². The maximum absolute atomic E-state index is 13.7. The summed E-state index contributed by atoms with van der Waals surface area (Å²) in [4.78, 5) is 31.5. The summed E-state index contributed by atoms with van der Waals surface area (Å²) in [6, 6.07) is 18.8. The molecule has 3 heterocycles. The van der Waals surface area contributed by atoms with E-state index >= 15 is 0 Å². The summed E-state index contributed by atoms with van der Waals surface area (Å²) < 4.78 is 19.2. The van der Waals surface area contributed by atoms with Crippen LogP contribution in [-0.4, -0.2) is 41.7 Å². The first-order valence-electron chi connectivity index (χ1n) is 11.8. The molecular weight excluding hydrogens is 521 g/mol. The Morgan fingerprint density at radius 2 is 1.86 bits per heavy atom. The summed E-state index contributed by atoms with van der Waals surface area (Å²) >= 11 is -2.39. The van der Waals surface area contributed by atoms with Crippen LogP contribution in [0, 0.1) is 0 Å². The molecule has 36 heavy (non-hydrogen) atoms. The number of nitrogens with one attached hydrogen (secondary N) is 1. The van der Waals surface area contributed by atoms with Gasteiger partial charge in [-0.05, 0) is 0 Å². The molecule has 1 unspecified atom stereocenters. The molecule has 0 aliphatic carbocycles. The summed E-state index contributed by atoms with van der Waals surface area (Å²) in [6.45, 7) is 0.863. The van der Waals surface area contributed by atoms with Crippen LogP contribution >= 0.6 is 0 Å². The van der Waals surface area contributed by atoms with Crippen LogP contribution in [-0.2, 0) is 13.0 Å². The van der Waals surface area contributed by atoms with Gasteiger partial charge in [0.1, 0.15) is 0 Å². The van der Waals surface area contributed by atoms with Crippen molar-refractivity contribution in [1.29, 1.82) is 0 Å². The average molecular weight is 545 g/mol. The Labute approximate surface area is 212 Å². The van der Waals surface area contributed by atoms with Gasteiger partial charge in [0.25, 0.3) is 0 Å². The molecule has 1 N–H and O–H groups in total. The molecule has 2 aliphatic rings. The molecule has 0 bridgehead atoms. The Hall–Kier alpha value is -3.77. The maximum atomic E-state index is 13.7. The number of amides is 1. The molecule has 182 valence electrons. The van der Waals surface area contributed by atoms with Gasteiger partial charge in [-0.1, -0.05) is 0 Å². The van der Waals surface area contributed by atoms with E-state index in [-0.39, 0.29) is 11.4 Å². The Balaban J connectivity index is 1.30. The number of aromatic nitrogens is 2. The Morgan fingerprint density at radius 1 is 1.03 bits per heavy atom. The molecule has 0 saturated heterocycles. The monoisotopic (exact) mass is 545 g/mol. The van der Waals surface area contributed by atoms with Crippen molar-refractivity contribution < 1.29 is 23.8 Å². The number of ether oxygens (including phenoxy) is 3. The van der Waals surface area contributed by atoms with Crippen LogP contribution in [0.4, 0.5) is 10.5 Å². The van der Waals surface area contributed by atoms with Crippen molar-refractivity contribution in [3.8, 4) is 17.4 Å². The fourth-order valence-electron chi connectivity index (χ4n) is 4.66. The van der Waals surface area contributed by atoms with E-state index in [1.807, 2.05) is 52.7 Å². The molecule has 9 heteroatoms. The number of carbonyl (C=O) groups is 2. The summed E-state index contributed by atoms with van der Waals surface area (Å²) in [5.74, 6) is 2.46. The number of carbonyl (C=O) groups excluding carboxylic acids is 2. The molecule has 1 amide bonds. The molecule has 0 spiro atoms. The average Bonchev–Trinajstić information content (AvgIpc) is 3.52. The second-order valence-electron chi connectivity index (χ2n) is 8.74. The van der Waals surface area contributed by atoms with Crippen LogP contribution in [0.2, 0.25) is 5.71 Å². The van der Waals surface area contributed by atoms with Crippen LogP contribution in [0.25, 0.3) is 10.8 Å². The number of aryl methyl sites for hydroxylation is 1. The third-order valence-corrected chi connectivity index (χ3v) is 10.2. The van der Waals surface area contributed by atoms with E-state index in [2.05, 4.69) is 5.32 Å². The van der Waals surface area contributed by atoms with E-state index in [1.165, 1.54) is 0 Å². The predicted molar refractivity (Wildman–Crippen MR) is 137 cm³/mol. The summed E-state index contributed by atoms with van der Waals surface area (Å²) in [7, 11) is 0. The Bertz CT molecular complexity index is 1490. The Kier molecular flexibility index (Phi) is 5.89. The van der Waals surface area contributed by atoms with Crippen molar-refractivity contribution in [2.24, 2.45) is 0 Å². The first-order chi connectivity index (χ1) is 17.6. The van der Waals surface area contributed by atoms with E-state index in [0.29, 0.717) is 39.7 Å². The molecule has 4 aromatic rings. The number of benzene rings is 3. The number of hydrogen-bond donors (Lipinski definition) is 1. The summed E-state index contributed by atoms with van der Waals surface area (Å²) in [5, 5.41) is 4.71. The standard InChI is InChI=1S/C27H24AsN3O5/c1-28(25(32)20-10-6-8-17-7-2-3-9-19(17)20)24-26(31-14-5-4-11-23(31)30-24)36-27(33)29-18-12-13-21-22(15-18)35-16-34-21/h2-3,6-10,12-13,15H,4-5,11,14,16H2,1H3,(H,29,33). The quantitative estimate of drug-likeness (QED) is 0.373. The number of hydrogen-bond acceptors (Lipinski definition) is 6. The van der Waals surface area contributed by atoms with Gasteiger partial charge in [0.15, 0.2) is 0 Å². The van der Waals surface area contributed by atoms with Crippen molar-refractivity contribution in [3.63, 3.8) is 0 Å². The van der Waals surface area contributed by atoms with Gasteiger partial charge in [-0.3, -0.25) is 0 Å². The van der Waals surface area contributed by atoms with Gasteiger partial charge < -0.3 is 0 Å². The van der Waals surface area contributed by atoms with Gasteiger partial charge in [-0.15, -0.1) is 0 Å². The molecule has 1 atom stereocenters. The third kappa shape index (κ3) is 4.11. The van der Waals surface area contributed by atoms with Crippen molar-refractivity contribution >= 4 is 46.3 Å². The second-order valence-corrected chi connectivity index (χ2v) is 12.8. The molecule has 2 aliphatic heterocycles. The van der Waals surface area contributed by atoms with Crippen molar-refractivity contribution in [1.82, 2.24) is 9.55 Å². The number of nitrogens with zero attached hydrogens (tertiary/aromatic N) is 2. The zero-order valence-electron chi connectivity index (χ0n) is 19.7. The minimum absolute atomic E-state index is 0.0794. The van der Waals surface area contributed by atoms with Gasteiger partial charge in [0, 0.05) is 0 Å². The van der Waals surface area contributed by atoms with Gasteiger partial charge in [0.05, 0.1) is 0 Å². The molecule has 6 rings (SSSR count). The second kappa shape index (κ2) is 9.36. The van der Waals surface area contributed by atoms with E-state index in [0.717, 1.165) is 35.9 Å². The number of anilines is 1. The van der Waals surface area contributed by atoms with Crippen LogP contribution in [0.15, 0.2) is 60.7 Å². The minimum atomic E-state index is -2.39. The van der Waals surface area contributed by atoms with E-state index in [1.54, 1.807) is 18.2 Å². The number of rotatable bonds is 5. The van der Waals surface area contributed by atoms with Gasteiger partial charge in [0.2, 0.25) is 0 Å². The molecule has 1 aromatic heterocycles. The molecule has 0 saturated carbocycles. The molecule has 3 aromatic carbocycles. The Morgan fingerprint density at radius 3 is 2.78 bits per heavy atom. The fraction of sp³-hybridized carbons (Fsp3) is 0.222. The van der Waals surface area contributed by atoms with Crippen LogP contribution in [0.5, 0.6) is 17.4 Å².